The molecule has 0 aromatic heterocycles. The van der Waals surface area contributed by atoms with E-state index in [-0.39, 0.29) is 17.3 Å². The summed E-state index contributed by atoms with van der Waals surface area (Å²) in [4.78, 5) is 13.3. The van der Waals surface area contributed by atoms with Crippen LogP contribution in [0.25, 0.3) is 0 Å². The molecule has 0 atom stereocenters. The lowest BCUT2D eigenvalue weighted by molar-refractivity contribution is -0.119. The van der Waals surface area contributed by atoms with Gasteiger partial charge < -0.3 is 5.32 Å². The lowest BCUT2D eigenvalue weighted by Gasteiger charge is -2.22. The average molecular weight is 447 g/mol. The van der Waals surface area contributed by atoms with Crippen LogP contribution in [0, 0.1) is 6.92 Å². The Kier molecular flexibility index (Phi) is 7.85. The molecule has 0 radical (unpaired) electrons. The van der Waals surface area contributed by atoms with Gasteiger partial charge in [-0.2, -0.15) is 0 Å². The van der Waals surface area contributed by atoms with Crippen LogP contribution in [0.4, 0.5) is 5.69 Å². The van der Waals surface area contributed by atoms with Gasteiger partial charge in [-0.1, -0.05) is 40.9 Å². The number of carbonyl (C=O) groups excluding carboxylic acids is 1. The highest BCUT2D eigenvalue weighted by Gasteiger charge is 2.21. The van der Waals surface area contributed by atoms with E-state index in [9.17, 15) is 13.2 Å². The number of thioether (sulfide) groups is 1. The van der Waals surface area contributed by atoms with E-state index in [2.05, 4.69) is 5.32 Å². The minimum Gasteiger partial charge on any atom is -0.354 e. The van der Waals surface area contributed by atoms with E-state index in [1.165, 1.54) is 23.8 Å². The SMILES string of the molecule is Cc1ccc(SCCNC(=O)CN(c2ccc(Cl)c(Cl)c2)S(C)(=O)=O)cc1. The summed E-state index contributed by atoms with van der Waals surface area (Å²) in [5.41, 5.74) is 1.48. The number of nitrogens with zero attached hydrogens (tertiary/aromatic N) is 1. The Hall–Kier alpha value is -1.41. The number of aryl methyl sites for hydroxylation is 1. The zero-order chi connectivity index (χ0) is 20.0. The van der Waals surface area contributed by atoms with E-state index in [0.29, 0.717) is 17.3 Å². The molecule has 0 saturated carbocycles. The molecular weight excluding hydrogens is 427 g/mol. The van der Waals surface area contributed by atoms with Crippen molar-refractivity contribution in [3.63, 3.8) is 0 Å². The minimum absolute atomic E-state index is 0.220. The van der Waals surface area contributed by atoms with Crippen molar-refractivity contribution in [1.29, 1.82) is 0 Å². The molecule has 0 spiro atoms. The smallest absolute Gasteiger partial charge is 0.240 e. The third kappa shape index (κ3) is 6.92. The second-order valence-electron chi connectivity index (χ2n) is 5.88. The van der Waals surface area contributed by atoms with Gasteiger partial charge in [-0.05, 0) is 37.3 Å². The second-order valence-corrected chi connectivity index (χ2v) is 9.77. The molecule has 2 rings (SSSR count). The van der Waals surface area contributed by atoms with E-state index in [0.717, 1.165) is 15.5 Å². The van der Waals surface area contributed by atoms with Gasteiger partial charge in [0.2, 0.25) is 15.9 Å². The molecule has 0 bridgehead atoms. The highest BCUT2D eigenvalue weighted by atomic mass is 35.5. The quantitative estimate of drug-likeness (QED) is 0.491. The summed E-state index contributed by atoms with van der Waals surface area (Å²) in [5.74, 6) is 0.288. The van der Waals surface area contributed by atoms with Crippen LogP contribution < -0.4 is 9.62 Å². The molecule has 9 heteroatoms. The molecule has 0 unspecified atom stereocenters. The van der Waals surface area contributed by atoms with Gasteiger partial charge in [-0.15, -0.1) is 11.8 Å². The Balaban J connectivity index is 1.92. The van der Waals surface area contributed by atoms with Gasteiger partial charge in [-0.25, -0.2) is 8.42 Å². The number of rotatable bonds is 8. The molecule has 0 aliphatic heterocycles. The molecule has 5 nitrogen and oxygen atoms in total. The molecule has 2 aromatic carbocycles. The lowest BCUT2D eigenvalue weighted by atomic mass is 10.2. The molecule has 1 amide bonds. The molecule has 0 aliphatic rings. The molecule has 27 heavy (non-hydrogen) atoms. The Bertz CT molecular complexity index is 903. The Morgan fingerprint density at radius 1 is 1.11 bits per heavy atom. The van der Waals surface area contributed by atoms with Crippen LogP contribution in [-0.2, 0) is 14.8 Å². The Morgan fingerprint density at radius 3 is 2.37 bits per heavy atom. The summed E-state index contributed by atoms with van der Waals surface area (Å²) in [6.07, 6.45) is 1.04. The number of amides is 1. The number of hydrogen-bond donors (Lipinski definition) is 1. The van der Waals surface area contributed by atoms with Gasteiger partial charge in [0.05, 0.1) is 22.0 Å². The fraction of sp³-hybridized carbons (Fsp3) is 0.278. The molecule has 146 valence electrons. The zero-order valence-electron chi connectivity index (χ0n) is 14.9. The maximum atomic E-state index is 12.2. The molecule has 0 heterocycles. The summed E-state index contributed by atoms with van der Waals surface area (Å²) in [5, 5.41) is 3.27. The summed E-state index contributed by atoms with van der Waals surface area (Å²) in [6, 6.07) is 12.5. The van der Waals surface area contributed by atoms with Crippen molar-refractivity contribution >= 4 is 56.6 Å². The van der Waals surface area contributed by atoms with Gasteiger partial charge >= 0.3 is 0 Å². The predicted molar refractivity (Wildman–Crippen MR) is 114 cm³/mol. The van der Waals surface area contributed by atoms with Gasteiger partial charge in [0.15, 0.2) is 0 Å². The number of anilines is 1. The lowest BCUT2D eigenvalue weighted by Crippen LogP contribution is -2.41. The first-order valence-corrected chi connectivity index (χ1v) is 11.6. The Morgan fingerprint density at radius 2 is 1.78 bits per heavy atom. The Labute approximate surface area is 174 Å². The molecule has 0 aliphatic carbocycles. The fourth-order valence-electron chi connectivity index (χ4n) is 2.22. The first-order valence-electron chi connectivity index (χ1n) is 8.06. The summed E-state index contributed by atoms with van der Waals surface area (Å²) >= 11 is 13.4. The fourth-order valence-corrected chi connectivity index (χ4v) is 4.13. The van der Waals surface area contributed by atoms with E-state index in [1.807, 2.05) is 31.2 Å². The zero-order valence-corrected chi connectivity index (χ0v) is 18.1. The topological polar surface area (TPSA) is 66.5 Å². The summed E-state index contributed by atoms with van der Waals surface area (Å²) in [7, 11) is -3.65. The molecule has 0 fully saturated rings. The van der Waals surface area contributed by atoms with Crippen molar-refractivity contribution in [2.24, 2.45) is 0 Å². The van der Waals surface area contributed by atoms with E-state index < -0.39 is 15.9 Å². The van der Waals surface area contributed by atoms with Crippen molar-refractivity contribution in [2.75, 3.05) is 29.4 Å². The van der Waals surface area contributed by atoms with Gasteiger partial charge in [-0.3, -0.25) is 9.10 Å². The van der Waals surface area contributed by atoms with Crippen LogP contribution in [-0.4, -0.2) is 39.4 Å². The number of halogens is 2. The number of benzene rings is 2. The van der Waals surface area contributed by atoms with Gasteiger partial charge in [0.25, 0.3) is 0 Å². The molecular formula is C18H20Cl2N2O3S2. The molecule has 0 saturated heterocycles. The van der Waals surface area contributed by atoms with Gasteiger partial charge in [0, 0.05) is 17.2 Å². The van der Waals surface area contributed by atoms with E-state index >= 15 is 0 Å². The van der Waals surface area contributed by atoms with Crippen LogP contribution in [0.1, 0.15) is 5.56 Å². The largest absolute Gasteiger partial charge is 0.354 e. The molecule has 1 N–H and O–H groups in total. The van der Waals surface area contributed by atoms with Crippen molar-refractivity contribution < 1.29 is 13.2 Å². The third-order valence-electron chi connectivity index (χ3n) is 3.59. The highest BCUT2D eigenvalue weighted by molar-refractivity contribution is 7.99. The number of sulfonamides is 1. The second kappa shape index (κ2) is 9.68. The van der Waals surface area contributed by atoms with Crippen LogP contribution in [0.2, 0.25) is 10.0 Å². The van der Waals surface area contributed by atoms with Crippen LogP contribution >= 0.6 is 35.0 Å². The van der Waals surface area contributed by atoms with Crippen LogP contribution in [0.5, 0.6) is 0 Å². The van der Waals surface area contributed by atoms with Crippen LogP contribution in [0.15, 0.2) is 47.4 Å². The number of nitrogens with one attached hydrogen (secondary N) is 1. The van der Waals surface area contributed by atoms with Crippen LogP contribution in [0.3, 0.4) is 0 Å². The van der Waals surface area contributed by atoms with E-state index in [1.54, 1.807) is 11.8 Å². The first kappa shape index (κ1) is 21.9. The first-order chi connectivity index (χ1) is 12.7. The van der Waals surface area contributed by atoms with Gasteiger partial charge in [0.1, 0.15) is 6.54 Å². The maximum absolute atomic E-state index is 12.2. The van der Waals surface area contributed by atoms with E-state index in [4.69, 9.17) is 23.2 Å². The standard InChI is InChI=1S/C18H20Cl2N2O3S2/c1-13-3-6-15(7-4-13)26-10-9-21-18(23)12-22(27(2,24)25)14-5-8-16(19)17(20)11-14/h3-8,11H,9-10,12H2,1-2H3,(H,21,23). The third-order valence-corrected chi connectivity index (χ3v) is 6.49. The van der Waals surface area contributed by atoms with Crippen molar-refractivity contribution in [2.45, 2.75) is 11.8 Å². The normalized spacial score (nSPS) is 11.3. The predicted octanol–water partition coefficient (Wildman–Crippen LogP) is 3.98. The monoisotopic (exact) mass is 446 g/mol. The number of hydrogen-bond acceptors (Lipinski definition) is 4. The minimum atomic E-state index is -3.65. The van der Waals surface area contributed by atoms with Crippen molar-refractivity contribution in [1.82, 2.24) is 5.32 Å². The number of carbonyl (C=O) groups is 1. The summed E-state index contributed by atoms with van der Waals surface area (Å²) in [6.45, 7) is 2.12. The summed E-state index contributed by atoms with van der Waals surface area (Å²) < 4.78 is 25.1. The maximum Gasteiger partial charge on any atom is 0.240 e. The van der Waals surface area contributed by atoms with Crippen molar-refractivity contribution in [3.05, 3.63) is 58.1 Å². The molecule has 2 aromatic rings. The van der Waals surface area contributed by atoms with Crippen molar-refractivity contribution in [3.8, 4) is 0 Å². The highest BCUT2D eigenvalue weighted by Crippen LogP contribution is 2.28. The average Bonchev–Trinajstić information content (AvgIpc) is 2.60.